The van der Waals surface area contributed by atoms with E-state index in [1.54, 1.807) is 0 Å². The predicted octanol–water partition coefficient (Wildman–Crippen LogP) is 24.2. The quantitative estimate of drug-likeness (QED) is 0.0405. The molecular formula is C95H204O11. The molecule has 7 N–H and O–H groups in total. The van der Waals surface area contributed by atoms with Gasteiger partial charge in [0, 0.05) is 39.6 Å². The number of aliphatic hydroxyl groups is 7. The van der Waals surface area contributed by atoms with Crippen LogP contribution in [0.15, 0.2) is 0 Å². The van der Waals surface area contributed by atoms with E-state index >= 15 is 0 Å². The van der Waals surface area contributed by atoms with Crippen molar-refractivity contribution >= 4 is 0 Å². The number of ether oxygens (including phenoxy) is 4. The van der Waals surface area contributed by atoms with Gasteiger partial charge in [0.25, 0.3) is 0 Å². The van der Waals surface area contributed by atoms with Crippen molar-refractivity contribution in [3.63, 3.8) is 0 Å². The predicted molar refractivity (Wildman–Crippen MR) is 467 cm³/mol. The van der Waals surface area contributed by atoms with Crippen LogP contribution in [-0.4, -0.2) is 122 Å². The molecule has 11 nitrogen and oxygen atoms in total. The van der Waals surface area contributed by atoms with Crippen molar-refractivity contribution in [2.24, 2.45) is 207 Å². The standard InChI is InChI=1S/C13H24O2.2C12H22O2.C12H22O.C11H20O2.C11H20O.C10H18O.14CH4/c1-9-10(2)13-8-12(9)7-11(13)3-5-15-6-4-14;1-8-9(2)12-6-10(8)5-11(12)7-14-4-3-13;1-8-9(2)12-6-11(8)5-10(12)3-4-14-7-13;1-8-9(2)12-7-11(8)6-10(12)4-3-5-13;1-7-8(2)11-4-9(7)3-10(11)5-13-6-12;1-7-8(2)11-6-10(7)5-9(11)3-4-12;1-6-7(2)10-4-8(6)3-9(10)5-11;;;;;;;;;;;;;;/h9-14H,3-8H2,1-2H3;2*8-13H,3-7H2,1-2H3;8-13H,3-7H2,1-2H3;7-12H,3-6H2,1-2H3;7-12H,3-6H2,1-2H3;6-11H,3-5H2,1-2H3;14*1H4. The van der Waals surface area contributed by atoms with Gasteiger partial charge in [-0.1, -0.05) is 201 Å². The Morgan fingerprint density at radius 2 is 0.443 bits per heavy atom. The van der Waals surface area contributed by atoms with E-state index < -0.39 is 0 Å². The van der Waals surface area contributed by atoms with Crippen LogP contribution in [0.1, 0.15) is 323 Å². The third kappa shape index (κ3) is 28.2. The first-order chi connectivity index (χ1) is 44.2. The number of rotatable bonds is 22. The lowest BCUT2D eigenvalue weighted by Gasteiger charge is -2.31. The molecule has 0 amide bonds. The van der Waals surface area contributed by atoms with Gasteiger partial charge in [-0.15, -0.1) is 0 Å². The molecule has 650 valence electrons. The summed E-state index contributed by atoms with van der Waals surface area (Å²) in [5.41, 5.74) is 0. The van der Waals surface area contributed by atoms with Crippen LogP contribution in [0.2, 0.25) is 0 Å². The highest BCUT2D eigenvalue weighted by molar-refractivity contribution is 5.03. The molecule has 0 aromatic heterocycles. The van der Waals surface area contributed by atoms with Crippen LogP contribution in [-0.2, 0) is 18.9 Å². The Bertz CT molecular complexity index is 1960. The highest BCUT2D eigenvalue weighted by atomic mass is 16.6. The largest absolute Gasteiger partial charge is 0.396 e. The Morgan fingerprint density at radius 1 is 0.208 bits per heavy atom. The SMILES string of the molecule is C.C.C.C.C.C.C.C.C.C.C.C.C.C.CC1C2CC(CCCO)C(C2)C1C.CC1C2CC(CCO)C(C2)C1C.CC1C2CC(CCOCCO)C(C2)C1C.CC1C2CC(CCOCO)C(C2)C1C.CC1C2CC(CO)C(C2)C1C.CC1C2CC(COCCO)C(C2)C1C.CC1C2CC(COCO)C(C2)C1C. The van der Waals surface area contributed by atoms with E-state index in [2.05, 4.69) is 96.9 Å². The zero-order valence-corrected chi connectivity index (χ0v) is 61.6. The average Bonchev–Trinajstić information content (AvgIpc) is 1.71. The smallest absolute Gasteiger partial charge is 0.143 e. The second-order valence-electron chi connectivity index (χ2n) is 35.4. The molecular weight excluding hydrogens is 1320 g/mol. The van der Waals surface area contributed by atoms with Crippen LogP contribution in [0.25, 0.3) is 0 Å². The van der Waals surface area contributed by atoms with Gasteiger partial charge in [0.2, 0.25) is 0 Å². The fourth-order valence-corrected chi connectivity index (χ4v) is 25.3. The summed E-state index contributed by atoms with van der Waals surface area (Å²) < 4.78 is 20.9. The van der Waals surface area contributed by atoms with Crippen LogP contribution >= 0.6 is 0 Å². The Morgan fingerprint density at radius 3 is 0.698 bits per heavy atom. The van der Waals surface area contributed by atoms with Gasteiger partial charge in [0.15, 0.2) is 0 Å². The second-order valence-corrected chi connectivity index (χ2v) is 35.4. The summed E-state index contributed by atoms with van der Waals surface area (Å²) in [6, 6.07) is 0. The van der Waals surface area contributed by atoms with Gasteiger partial charge in [-0.3, -0.25) is 0 Å². The normalized spacial score (nSPS) is 41.9. The highest BCUT2D eigenvalue weighted by Crippen LogP contribution is 2.61. The maximum absolute atomic E-state index is 9.09. The van der Waals surface area contributed by atoms with Gasteiger partial charge in [0.05, 0.1) is 33.0 Å². The van der Waals surface area contributed by atoms with Gasteiger partial charge in [-0.05, 0) is 329 Å². The van der Waals surface area contributed by atoms with Crippen molar-refractivity contribution in [3.05, 3.63) is 0 Å². The molecule has 11 heteroatoms. The molecule has 35 unspecified atom stereocenters. The van der Waals surface area contributed by atoms with E-state index in [0.29, 0.717) is 39.0 Å². The lowest BCUT2D eigenvalue weighted by molar-refractivity contribution is -0.0320. The lowest BCUT2D eigenvalue weighted by Crippen LogP contribution is -2.27. The van der Waals surface area contributed by atoms with Crippen LogP contribution < -0.4 is 0 Å². The summed E-state index contributed by atoms with van der Waals surface area (Å²) in [7, 11) is 0. The van der Waals surface area contributed by atoms with Crippen molar-refractivity contribution in [1.82, 2.24) is 0 Å². The molecule has 14 rings (SSSR count). The minimum atomic E-state index is -0.118. The number of fused-ring (bicyclic) bond motifs is 14. The van der Waals surface area contributed by atoms with Gasteiger partial charge in [-0.2, -0.15) is 0 Å². The summed E-state index contributed by atoms with van der Waals surface area (Å²) in [5.74, 6) is 31.9. The Hall–Kier alpha value is -0.440. The zero-order chi connectivity index (χ0) is 66.7. The van der Waals surface area contributed by atoms with Crippen LogP contribution in [0.3, 0.4) is 0 Å². The Kier molecular flexibility index (Phi) is 63.6. The minimum Gasteiger partial charge on any atom is -0.396 e. The van der Waals surface area contributed by atoms with E-state index in [-0.39, 0.29) is 131 Å². The van der Waals surface area contributed by atoms with Crippen molar-refractivity contribution in [2.75, 3.05) is 86.3 Å². The van der Waals surface area contributed by atoms with Gasteiger partial charge in [-0.25, -0.2) is 0 Å². The maximum Gasteiger partial charge on any atom is 0.143 e. The molecule has 35 atom stereocenters. The van der Waals surface area contributed by atoms with Gasteiger partial charge < -0.3 is 54.7 Å². The molecule has 0 aliphatic heterocycles. The Balaban J connectivity index is -0.000000211. The summed E-state index contributed by atoms with van der Waals surface area (Å²) in [5, 5.41) is 61.2. The van der Waals surface area contributed by atoms with E-state index in [1.807, 2.05) is 0 Å². The number of aliphatic hydroxyl groups excluding tert-OH is 7. The van der Waals surface area contributed by atoms with Crippen molar-refractivity contribution in [3.8, 4) is 0 Å². The molecule has 14 aliphatic carbocycles. The molecule has 0 spiro atoms. The summed E-state index contributed by atoms with van der Waals surface area (Å²) in [6.07, 6.45) is 25.5. The van der Waals surface area contributed by atoms with Crippen molar-refractivity contribution < 1.29 is 54.7 Å². The number of hydrogen-bond acceptors (Lipinski definition) is 11. The van der Waals surface area contributed by atoms with Crippen LogP contribution in [0.4, 0.5) is 0 Å². The fraction of sp³-hybridized carbons (Fsp3) is 1.00. The average molecular weight is 1520 g/mol. The second kappa shape index (κ2) is 56.8. The molecule has 14 fully saturated rings. The molecule has 0 radical (unpaired) electrons. The van der Waals surface area contributed by atoms with E-state index in [1.165, 1.54) is 103 Å². The van der Waals surface area contributed by atoms with Gasteiger partial charge in [0.1, 0.15) is 13.6 Å². The summed E-state index contributed by atoms with van der Waals surface area (Å²) in [4.78, 5) is 0. The minimum absolute atomic E-state index is 0. The third-order valence-electron chi connectivity index (χ3n) is 32.3. The molecule has 0 saturated heterocycles. The summed E-state index contributed by atoms with van der Waals surface area (Å²) in [6.45, 7) is 39.2. The molecule has 14 aliphatic rings. The fourth-order valence-electron chi connectivity index (χ4n) is 25.3. The molecule has 14 bridgehead atoms. The monoisotopic (exact) mass is 1520 g/mol. The van der Waals surface area contributed by atoms with Crippen LogP contribution in [0, 0.1) is 207 Å². The molecule has 14 saturated carbocycles. The molecule has 106 heavy (non-hydrogen) atoms. The van der Waals surface area contributed by atoms with Crippen LogP contribution in [0.5, 0.6) is 0 Å². The first-order valence-corrected chi connectivity index (χ1v) is 39.7. The first kappa shape index (κ1) is 119. The topological polar surface area (TPSA) is 179 Å². The third-order valence-corrected chi connectivity index (χ3v) is 32.3. The molecule has 0 aromatic carbocycles. The van der Waals surface area contributed by atoms with Crippen molar-refractivity contribution in [1.29, 1.82) is 0 Å². The summed E-state index contributed by atoms with van der Waals surface area (Å²) >= 11 is 0. The Labute approximate surface area is 667 Å². The van der Waals surface area contributed by atoms with Gasteiger partial charge >= 0.3 is 0 Å². The zero-order valence-electron chi connectivity index (χ0n) is 61.6. The molecule has 0 heterocycles. The maximum atomic E-state index is 9.09. The number of hydrogen-bond donors (Lipinski definition) is 7. The van der Waals surface area contributed by atoms with E-state index in [9.17, 15) is 0 Å². The molecule has 0 aromatic rings. The van der Waals surface area contributed by atoms with Crippen molar-refractivity contribution in [2.45, 2.75) is 323 Å². The van der Waals surface area contributed by atoms with E-state index in [4.69, 9.17) is 54.7 Å². The first-order valence-electron chi connectivity index (χ1n) is 39.7. The van der Waals surface area contributed by atoms with E-state index in [0.717, 1.165) is 247 Å². The lowest BCUT2D eigenvalue weighted by atomic mass is 9.74. The highest BCUT2D eigenvalue weighted by Gasteiger charge is 2.54.